The van der Waals surface area contributed by atoms with E-state index < -0.39 is 39.3 Å². The Labute approximate surface area is 153 Å². The molecule has 0 aromatic heterocycles. The third-order valence-corrected chi connectivity index (χ3v) is 4.20. The Morgan fingerprint density at radius 2 is 1.92 bits per heavy atom. The van der Waals surface area contributed by atoms with Crippen molar-refractivity contribution in [2.24, 2.45) is 5.72 Å². The molecule has 0 radical (unpaired) electrons. The summed E-state index contributed by atoms with van der Waals surface area (Å²) in [6.07, 6.45) is -2.49. The van der Waals surface area contributed by atoms with Crippen LogP contribution in [0.2, 0.25) is 2.82 Å². The van der Waals surface area contributed by atoms with Crippen molar-refractivity contribution in [2.75, 3.05) is 0 Å². The molecule has 3 rings (SSSR count). The van der Waals surface area contributed by atoms with E-state index in [1.54, 1.807) is 25.1 Å². The molecule has 2 aromatic carbocycles. The minimum absolute atomic E-state index is 0.0273. The summed E-state index contributed by atoms with van der Waals surface area (Å²) in [5, 5.41) is 0. The number of Topliss-reactive ketones (excluding diaryl/α,β-unsaturated/α-hetero) is 1. The van der Waals surface area contributed by atoms with Gasteiger partial charge in [0.15, 0.2) is 8.90 Å². The Kier molecular flexibility index (Phi) is 3.09. The van der Waals surface area contributed by atoms with Gasteiger partial charge in [-0.2, -0.15) is 8.42 Å². The number of rotatable bonds is 6. The van der Waals surface area contributed by atoms with Gasteiger partial charge < -0.3 is 14.6 Å². The van der Waals surface area contributed by atoms with Crippen LogP contribution in [0.15, 0.2) is 66.2 Å². The van der Waals surface area contributed by atoms with E-state index in [4.69, 9.17) is 15.9 Å². The van der Waals surface area contributed by atoms with Gasteiger partial charge in [0.05, 0.1) is 4.11 Å². The summed E-state index contributed by atoms with van der Waals surface area (Å²) in [7, 11) is -5.14. The third-order valence-electron chi connectivity index (χ3n) is 3.33. The van der Waals surface area contributed by atoms with E-state index in [9.17, 15) is 13.2 Å². The van der Waals surface area contributed by atoms with Gasteiger partial charge in [-0.05, 0) is 12.5 Å². The van der Waals surface area contributed by atoms with Gasteiger partial charge in [-0.3, -0.25) is 4.79 Å². The first-order chi connectivity index (χ1) is 13.9. The standard InChI is InChI=1S/C18H17NO5S/c1-12-7-9-14(10-8-12)16-15(20)17(18(19)23-16)24-25(21,22)11-13-5-3-2-4-6-13/h2-10,16H,11,19H2,1H3/t16-/m0/s1/i11D2,16D/hD2. The zero-order valence-electron chi connectivity index (χ0n) is 18.1. The van der Waals surface area contributed by atoms with Crippen LogP contribution in [0.5, 0.6) is 0 Å². The second-order valence-electron chi connectivity index (χ2n) is 5.27. The Morgan fingerprint density at radius 3 is 2.56 bits per heavy atom. The molecule has 6 nitrogen and oxygen atoms in total. The predicted octanol–water partition coefficient (Wildman–Crippen LogP) is 2.31. The molecule has 0 saturated carbocycles. The molecule has 7 heteroatoms. The van der Waals surface area contributed by atoms with E-state index in [2.05, 4.69) is 0 Å². The molecule has 1 aliphatic rings. The molecule has 25 heavy (non-hydrogen) atoms. The Bertz CT molecular complexity index is 1100. The summed E-state index contributed by atoms with van der Waals surface area (Å²) in [6, 6.07) is 12.9. The topological polar surface area (TPSA) is 95.7 Å². The molecule has 0 fully saturated rings. The zero-order chi connectivity index (χ0) is 22.3. The van der Waals surface area contributed by atoms with Crippen LogP contribution in [0.1, 0.15) is 26.9 Å². The van der Waals surface area contributed by atoms with Gasteiger partial charge in [-0.15, -0.1) is 0 Å². The number of ether oxygens (including phenoxy) is 1. The summed E-state index contributed by atoms with van der Waals surface area (Å²) < 4.78 is 74.4. The van der Waals surface area contributed by atoms with Crippen molar-refractivity contribution < 1.29 is 29.1 Å². The number of aryl methyl sites for hydroxylation is 1. The molecule has 0 saturated heterocycles. The normalized spacial score (nSPS) is 23.7. The lowest BCUT2D eigenvalue weighted by Gasteiger charge is -2.10. The SMILES string of the molecule is [2H]N([2H])C1=C(OS(=O)(=O)C([2H])([2H])c2ccccc2)C(=O)[C@]([2H])(c2ccc(C)cc2)O1. The quantitative estimate of drug-likeness (QED) is 0.790. The largest absolute Gasteiger partial charge is 0.460 e. The number of hydrogen-bond acceptors (Lipinski definition) is 6. The molecule has 0 bridgehead atoms. The lowest BCUT2D eigenvalue weighted by Crippen LogP contribution is -2.16. The molecule has 2 N–H and O–H groups in total. The van der Waals surface area contributed by atoms with E-state index in [-0.39, 0.29) is 16.8 Å². The maximum atomic E-state index is 12.9. The van der Waals surface area contributed by atoms with E-state index in [0.29, 0.717) is 0 Å². The van der Waals surface area contributed by atoms with Crippen LogP contribution in [-0.4, -0.2) is 14.2 Å². The summed E-state index contributed by atoms with van der Waals surface area (Å²) in [5.74, 6) is -3.34. The number of carbonyl (C=O) groups is 1. The highest BCUT2D eigenvalue weighted by Gasteiger charge is 2.39. The van der Waals surface area contributed by atoms with Gasteiger partial charge in [0.1, 0.15) is 5.70 Å². The predicted molar refractivity (Wildman–Crippen MR) is 91.4 cm³/mol. The molecule has 1 atom stereocenters. The van der Waals surface area contributed by atoms with Crippen molar-refractivity contribution in [1.29, 1.82) is 0 Å². The van der Waals surface area contributed by atoms with Crippen molar-refractivity contribution in [1.82, 2.24) is 0 Å². The first-order valence-corrected chi connectivity index (χ1v) is 8.63. The van der Waals surface area contributed by atoms with Crippen molar-refractivity contribution in [3.05, 3.63) is 82.9 Å². The molecule has 1 aliphatic heterocycles. The van der Waals surface area contributed by atoms with E-state index in [1.807, 2.05) is 0 Å². The van der Waals surface area contributed by atoms with E-state index in [1.165, 1.54) is 36.4 Å². The minimum Gasteiger partial charge on any atom is -0.460 e. The molecule has 0 aliphatic carbocycles. The summed E-state index contributed by atoms with van der Waals surface area (Å²) in [5.41, 5.74) is -2.65. The first-order valence-electron chi connectivity index (χ1n) is 9.62. The smallest absolute Gasteiger partial charge is 0.313 e. The number of ketones is 1. The van der Waals surface area contributed by atoms with Gasteiger partial charge in [-0.1, -0.05) is 60.2 Å². The van der Waals surface area contributed by atoms with Crippen molar-refractivity contribution in [2.45, 2.75) is 18.7 Å². The Hall–Kier alpha value is -2.80. The molecule has 130 valence electrons. The third kappa shape index (κ3) is 3.83. The molecule has 0 unspecified atom stereocenters. The monoisotopic (exact) mass is 364 g/mol. The van der Waals surface area contributed by atoms with Gasteiger partial charge in [0.25, 0.3) is 0 Å². The number of hydrogen-bond donors (Lipinski definition) is 1. The first kappa shape index (κ1) is 11.7. The highest BCUT2D eigenvalue weighted by molar-refractivity contribution is 7.86. The van der Waals surface area contributed by atoms with Crippen LogP contribution >= 0.6 is 0 Å². The molecule has 1 heterocycles. The average Bonchev–Trinajstić information content (AvgIpc) is 2.95. The fraction of sp³-hybridized carbons (Fsp3) is 0.167. The summed E-state index contributed by atoms with van der Waals surface area (Å²) in [6.45, 7) is 1.78. The molecule has 0 amide bonds. The van der Waals surface area contributed by atoms with Crippen LogP contribution in [0.25, 0.3) is 0 Å². The lowest BCUT2D eigenvalue weighted by atomic mass is 10.0. The van der Waals surface area contributed by atoms with Gasteiger partial charge in [0, 0.05) is 5.56 Å². The summed E-state index contributed by atoms with van der Waals surface area (Å²) >= 11 is 0. The van der Waals surface area contributed by atoms with Gasteiger partial charge in [0.2, 0.25) is 17.4 Å². The second-order valence-corrected chi connectivity index (χ2v) is 6.55. The van der Waals surface area contributed by atoms with Crippen molar-refractivity contribution >= 4 is 15.9 Å². The zero-order valence-corrected chi connectivity index (χ0v) is 13.9. The minimum atomic E-state index is -5.14. The highest BCUT2D eigenvalue weighted by atomic mass is 32.2. The second kappa shape index (κ2) is 6.60. The molecular formula is C18H17NO5S. The van der Waals surface area contributed by atoms with Gasteiger partial charge in [-0.25, -0.2) is 0 Å². The lowest BCUT2D eigenvalue weighted by molar-refractivity contribution is -0.123. The van der Waals surface area contributed by atoms with Crippen LogP contribution in [0.4, 0.5) is 0 Å². The van der Waals surface area contributed by atoms with Crippen molar-refractivity contribution in [3.63, 3.8) is 0 Å². The van der Waals surface area contributed by atoms with Crippen LogP contribution in [0, 0.1) is 6.92 Å². The fourth-order valence-corrected chi connectivity index (χ4v) is 2.97. The Morgan fingerprint density at radius 1 is 1.24 bits per heavy atom. The maximum Gasteiger partial charge on any atom is 0.313 e. The molecular weight excluding hydrogens is 342 g/mol. The average molecular weight is 364 g/mol. The highest BCUT2D eigenvalue weighted by Crippen LogP contribution is 2.32. The maximum absolute atomic E-state index is 12.9. The van der Waals surface area contributed by atoms with E-state index >= 15 is 0 Å². The molecule has 0 spiro atoms. The van der Waals surface area contributed by atoms with Crippen LogP contribution < -0.4 is 5.72 Å². The molecule has 2 aromatic rings. The van der Waals surface area contributed by atoms with Gasteiger partial charge >= 0.3 is 10.1 Å². The number of carbonyl (C=O) groups excluding carboxylic acids is 1. The fourth-order valence-electron chi connectivity index (χ4n) is 2.14. The Balaban J connectivity index is 2.02. The van der Waals surface area contributed by atoms with E-state index in [0.717, 1.165) is 5.56 Å². The number of nitrogens with two attached hydrogens (primary N) is 1. The number of benzene rings is 2. The van der Waals surface area contributed by atoms with Crippen molar-refractivity contribution in [3.8, 4) is 0 Å². The van der Waals surface area contributed by atoms with Crippen LogP contribution in [-0.2, 0) is 29.5 Å². The summed E-state index contributed by atoms with van der Waals surface area (Å²) in [4.78, 5) is 12.9. The van der Waals surface area contributed by atoms with Crippen LogP contribution in [0.3, 0.4) is 0 Å².